The van der Waals surface area contributed by atoms with Gasteiger partial charge in [-0.05, 0) is 56.2 Å². The van der Waals surface area contributed by atoms with E-state index in [0.29, 0.717) is 24.0 Å². The predicted octanol–water partition coefficient (Wildman–Crippen LogP) is 5.11. The molecule has 0 aromatic carbocycles. The average Bonchev–Trinajstić information content (AvgIpc) is 3.14. The van der Waals surface area contributed by atoms with E-state index in [2.05, 4.69) is 14.9 Å². The number of pyridine rings is 1. The van der Waals surface area contributed by atoms with Crippen LogP contribution in [0.1, 0.15) is 49.1 Å². The number of halogens is 3. The second-order valence-electron chi connectivity index (χ2n) is 9.49. The summed E-state index contributed by atoms with van der Waals surface area (Å²) < 4.78 is 47.5. The van der Waals surface area contributed by atoms with Crippen LogP contribution in [0.2, 0.25) is 0 Å². The maximum atomic E-state index is 12.4. The minimum atomic E-state index is -4.34. The Kier molecular flexibility index (Phi) is 8.99. The van der Waals surface area contributed by atoms with Crippen molar-refractivity contribution in [3.8, 4) is 10.9 Å². The van der Waals surface area contributed by atoms with Gasteiger partial charge in [0, 0.05) is 37.0 Å². The molecule has 0 bridgehead atoms. The number of carbonyl (C=O) groups excluding carboxylic acids is 1. The lowest BCUT2D eigenvalue weighted by molar-refractivity contribution is -0.153. The van der Waals surface area contributed by atoms with Gasteiger partial charge in [0.2, 0.25) is 0 Å². The van der Waals surface area contributed by atoms with Gasteiger partial charge >= 0.3 is 6.18 Å². The molecule has 2 aliphatic rings. The molecule has 1 fully saturated rings. The zero-order valence-corrected chi connectivity index (χ0v) is 20.6. The summed E-state index contributed by atoms with van der Waals surface area (Å²) in [6.07, 6.45) is 6.72. The minimum Gasteiger partial charge on any atom is -0.484 e. The summed E-state index contributed by atoms with van der Waals surface area (Å²) >= 11 is 1.25. The Hall–Kier alpha value is -2.20. The monoisotopic (exact) mass is 511 g/mol. The lowest BCUT2D eigenvalue weighted by Gasteiger charge is -2.30. The van der Waals surface area contributed by atoms with Gasteiger partial charge in [-0.15, -0.1) is 0 Å². The molecule has 0 unspecified atom stereocenters. The first-order valence-electron chi connectivity index (χ1n) is 12.3. The van der Waals surface area contributed by atoms with E-state index in [1.807, 2.05) is 0 Å². The molecule has 0 atom stereocenters. The van der Waals surface area contributed by atoms with Gasteiger partial charge in [0.05, 0.1) is 11.9 Å². The Morgan fingerprint density at radius 2 is 1.89 bits per heavy atom. The summed E-state index contributed by atoms with van der Waals surface area (Å²) in [5.74, 6) is 1.91. The number of nitrogens with zero attached hydrogens (tertiary/aromatic N) is 3. The van der Waals surface area contributed by atoms with E-state index in [9.17, 15) is 18.0 Å². The van der Waals surface area contributed by atoms with Crippen molar-refractivity contribution in [3.63, 3.8) is 0 Å². The van der Waals surface area contributed by atoms with Crippen molar-refractivity contribution in [2.45, 2.75) is 57.5 Å². The van der Waals surface area contributed by atoms with Crippen LogP contribution in [0.25, 0.3) is 0 Å². The molecule has 0 amide bonds. The molecule has 192 valence electrons. The van der Waals surface area contributed by atoms with Crippen molar-refractivity contribution in [2.24, 2.45) is 11.8 Å². The number of thiazole rings is 1. The number of ketones is 1. The number of fused-ring (bicyclic) bond motifs is 1. The van der Waals surface area contributed by atoms with E-state index in [4.69, 9.17) is 9.47 Å². The zero-order chi connectivity index (χ0) is 24.7. The molecular weight excluding hydrogens is 479 g/mol. The number of hydrogen-bond acceptors (Lipinski definition) is 7. The summed E-state index contributed by atoms with van der Waals surface area (Å²) in [7, 11) is 0. The topological polar surface area (TPSA) is 64.5 Å². The fourth-order valence-corrected chi connectivity index (χ4v) is 5.82. The molecule has 10 heteroatoms. The van der Waals surface area contributed by atoms with Gasteiger partial charge < -0.3 is 14.4 Å². The highest BCUT2D eigenvalue weighted by molar-refractivity contribution is 7.13. The van der Waals surface area contributed by atoms with Crippen LogP contribution >= 0.6 is 11.3 Å². The summed E-state index contributed by atoms with van der Waals surface area (Å²) in [4.78, 5) is 24.1. The predicted molar refractivity (Wildman–Crippen MR) is 127 cm³/mol. The van der Waals surface area contributed by atoms with Crippen LogP contribution in [0.5, 0.6) is 10.9 Å². The van der Waals surface area contributed by atoms with Crippen molar-refractivity contribution in [3.05, 3.63) is 35.1 Å². The number of alkyl halides is 3. The summed E-state index contributed by atoms with van der Waals surface area (Å²) in [5, 5.41) is 0.125. The van der Waals surface area contributed by atoms with Crippen molar-refractivity contribution < 1.29 is 27.4 Å². The van der Waals surface area contributed by atoms with Crippen LogP contribution in [-0.4, -0.2) is 59.7 Å². The van der Waals surface area contributed by atoms with E-state index in [1.54, 1.807) is 24.5 Å². The highest BCUT2D eigenvalue weighted by Gasteiger charge is 2.30. The minimum absolute atomic E-state index is 0.108. The number of carbonyl (C=O) groups is 1. The lowest BCUT2D eigenvalue weighted by atomic mass is 9.78. The molecule has 2 aromatic rings. The summed E-state index contributed by atoms with van der Waals surface area (Å²) in [6, 6.07) is 3.59. The first-order valence-corrected chi connectivity index (χ1v) is 13.1. The Morgan fingerprint density at radius 3 is 2.63 bits per heavy atom. The fourth-order valence-electron chi connectivity index (χ4n) is 4.88. The Morgan fingerprint density at radius 1 is 1.11 bits per heavy atom. The quantitative estimate of drug-likeness (QED) is 0.442. The van der Waals surface area contributed by atoms with Crippen molar-refractivity contribution in [1.29, 1.82) is 0 Å². The molecule has 0 N–H and O–H groups in total. The van der Waals surface area contributed by atoms with Crippen molar-refractivity contribution in [1.82, 2.24) is 14.9 Å². The van der Waals surface area contributed by atoms with Gasteiger partial charge in [0.15, 0.2) is 12.4 Å². The number of aromatic nitrogens is 2. The van der Waals surface area contributed by atoms with E-state index < -0.39 is 12.8 Å². The Labute approximate surface area is 207 Å². The first kappa shape index (κ1) is 25.9. The first-order chi connectivity index (χ1) is 16.8. The number of hydrogen-bond donors (Lipinski definition) is 0. The number of ether oxygens (including phenoxy) is 2. The summed E-state index contributed by atoms with van der Waals surface area (Å²) in [5.41, 5.74) is 0.882. The van der Waals surface area contributed by atoms with Gasteiger partial charge in [-0.2, -0.15) is 13.2 Å². The van der Waals surface area contributed by atoms with Crippen molar-refractivity contribution in [2.75, 3.05) is 32.8 Å². The Bertz CT molecular complexity index is 921. The van der Waals surface area contributed by atoms with Gasteiger partial charge in [0.1, 0.15) is 12.4 Å². The third-order valence-electron chi connectivity index (χ3n) is 6.81. The second kappa shape index (κ2) is 12.2. The molecule has 6 nitrogen and oxygen atoms in total. The van der Waals surface area contributed by atoms with E-state index >= 15 is 0 Å². The van der Waals surface area contributed by atoms with E-state index in [0.717, 1.165) is 75.2 Å². The van der Waals surface area contributed by atoms with Crippen LogP contribution in [0.15, 0.2) is 24.5 Å². The maximum Gasteiger partial charge on any atom is 0.422 e. The second-order valence-corrected chi connectivity index (χ2v) is 10.5. The van der Waals surface area contributed by atoms with Crippen molar-refractivity contribution >= 4 is 17.1 Å². The molecule has 2 aromatic heterocycles. The third kappa shape index (κ3) is 8.45. The summed E-state index contributed by atoms with van der Waals surface area (Å²) in [6.45, 7) is 1.61. The molecule has 35 heavy (non-hydrogen) atoms. The molecular formula is C25H32F3N3O3S. The normalized spacial score (nSPS) is 21.2. The van der Waals surface area contributed by atoms with Gasteiger partial charge in [-0.25, -0.2) is 4.98 Å². The van der Waals surface area contributed by atoms with Crippen LogP contribution in [0.3, 0.4) is 0 Å². The molecule has 0 spiro atoms. The largest absolute Gasteiger partial charge is 0.484 e. The third-order valence-corrected chi connectivity index (χ3v) is 7.88. The fraction of sp³-hybridized carbons (Fsp3) is 0.640. The smallest absolute Gasteiger partial charge is 0.422 e. The van der Waals surface area contributed by atoms with Crippen LogP contribution in [-0.2, 0) is 17.6 Å². The van der Waals surface area contributed by atoms with Gasteiger partial charge in [-0.3, -0.25) is 9.78 Å². The van der Waals surface area contributed by atoms with Crippen LogP contribution in [0, 0.1) is 11.8 Å². The van der Waals surface area contributed by atoms with E-state index in [1.165, 1.54) is 11.3 Å². The molecule has 3 heterocycles. The number of Topliss-reactive ketones (excluding diaryl/α,β-unsaturated/α-hetero) is 1. The van der Waals surface area contributed by atoms with Gasteiger partial charge in [-0.1, -0.05) is 24.2 Å². The molecule has 0 radical (unpaired) electrons. The SMILES string of the molecule is O=C(COc1cccnc1)CC1CCC(CCN2CCc3nc(OCC(F)(F)F)sc3CC2)CC1. The molecule has 1 saturated carbocycles. The highest BCUT2D eigenvalue weighted by atomic mass is 32.1. The standard InChI is InChI=1S/C25H32F3N3O3S/c26-25(27,28)17-34-24-30-22-8-12-31(13-9-23(22)35-24)11-7-18-3-5-19(6-4-18)14-20(32)16-33-21-2-1-10-29-15-21/h1-2,10,15,18-19H,3-9,11-14,16-17H2. The molecule has 1 aliphatic heterocycles. The van der Waals surface area contributed by atoms with E-state index in [-0.39, 0.29) is 17.6 Å². The zero-order valence-electron chi connectivity index (χ0n) is 19.8. The van der Waals surface area contributed by atoms with Gasteiger partial charge in [0.25, 0.3) is 5.19 Å². The van der Waals surface area contributed by atoms with Crippen LogP contribution in [0.4, 0.5) is 13.2 Å². The van der Waals surface area contributed by atoms with Crippen LogP contribution < -0.4 is 9.47 Å². The molecule has 0 saturated heterocycles. The molecule has 4 rings (SSSR count). The highest BCUT2D eigenvalue weighted by Crippen LogP contribution is 2.34. The average molecular weight is 512 g/mol. The Balaban J connectivity index is 1.11. The lowest BCUT2D eigenvalue weighted by Crippen LogP contribution is -2.30. The molecule has 1 aliphatic carbocycles. The maximum absolute atomic E-state index is 12.4. The number of rotatable bonds is 10.